The summed E-state index contributed by atoms with van der Waals surface area (Å²) in [4.78, 5) is 24.4. The maximum absolute atomic E-state index is 12.5. The minimum Gasteiger partial charge on any atom is -0.466 e. The van der Waals surface area contributed by atoms with E-state index in [-0.39, 0.29) is 12.6 Å². The Labute approximate surface area is 159 Å². The van der Waals surface area contributed by atoms with Gasteiger partial charge in [-0.3, -0.25) is 4.79 Å². The summed E-state index contributed by atoms with van der Waals surface area (Å²) >= 11 is 0. The molecule has 0 saturated carbocycles. The number of carbonyl (C=O) groups excluding carboxylic acids is 2. The van der Waals surface area contributed by atoms with E-state index < -0.39 is 18.0 Å². The van der Waals surface area contributed by atoms with Crippen molar-refractivity contribution in [2.75, 3.05) is 13.2 Å². The third kappa shape index (κ3) is 5.93. The molecule has 0 saturated heterocycles. The number of aliphatic hydroxyl groups is 1. The Morgan fingerprint density at radius 1 is 0.852 bits per heavy atom. The summed E-state index contributed by atoms with van der Waals surface area (Å²) in [6, 6.07) is 16.8. The van der Waals surface area contributed by atoms with Crippen molar-refractivity contribution in [3.05, 3.63) is 71.3 Å². The zero-order valence-electron chi connectivity index (χ0n) is 15.8. The topological polar surface area (TPSA) is 72.8 Å². The first-order valence-electron chi connectivity index (χ1n) is 9.19. The molecule has 27 heavy (non-hydrogen) atoms. The van der Waals surface area contributed by atoms with Crippen LogP contribution in [0.3, 0.4) is 0 Å². The van der Waals surface area contributed by atoms with Gasteiger partial charge in [-0.25, -0.2) is 4.79 Å². The predicted molar refractivity (Wildman–Crippen MR) is 102 cm³/mol. The standard InChI is InChI=1S/C22H26O5/c1-3-26-21(24)18(14-16-10-6-5-7-11-16)15-17-12-8-9-13-19(17)20(23)22(25)27-4-2/h5-13,18,20,23H,3-4,14-15H2,1-2H3. The van der Waals surface area contributed by atoms with E-state index in [1.165, 1.54) is 0 Å². The normalized spacial score (nSPS) is 12.9. The van der Waals surface area contributed by atoms with Gasteiger partial charge in [-0.1, -0.05) is 54.6 Å². The molecule has 0 aromatic heterocycles. The summed E-state index contributed by atoms with van der Waals surface area (Å²) in [5.41, 5.74) is 2.21. The van der Waals surface area contributed by atoms with Crippen LogP contribution in [-0.2, 0) is 31.9 Å². The van der Waals surface area contributed by atoms with Gasteiger partial charge in [-0.05, 0) is 43.4 Å². The Bertz CT molecular complexity index is 741. The fourth-order valence-corrected chi connectivity index (χ4v) is 3.00. The zero-order valence-corrected chi connectivity index (χ0v) is 15.8. The number of rotatable bonds is 9. The highest BCUT2D eigenvalue weighted by atomic mass is 16.5. The highest BCUT2D eigenvalue weighted by Gasteiger charge is 2.26. The molecule has 0 bridgehead atoms. The summed E-state index contributed by atoms with van der Waals surface area (Å²) in [6.45, 7) is 3.96. The molecule has 0 radical (unpaired) electrons. The first-order chi connectivity index (χ1) is 13.1. The van der Waals surface area contributed by atoms with Gasteiger partial charge in [0.15, 0.2) is 6.10 Å². The average molecular weight is 370 g/mol. The van der Waals surface area contributed by atoms with E-state index in [9.17, 15) is 14.7 Å². The Hall–Kier alpha value is -2.66. The van der Waals surface area contributed by atoms with Crippen molar-refractivity contribution in [2.24, 2.45) is 5.92 Å². The van der Waals surface area contributed by atoms with E-state index in [0.717, 1.165) is 11.1 Å². The minimum atomic E-state index is -1.37. The van der Waals surface area contributed by atoms with Crippen LogP contribution in [0.5, 0.6) is 0 Å². The molecule has 5 heteroatoms. The Morgan fingerprint density at radius 2 is 1.44 bits per heavy atom. The molecule has 0 amide bonds. The first kappa shape index (κ1) is 20.6. The number of ether oxygens (including phenoxy) is 2. The summed E-state index contributed by atoms with van der Waals surface area (Å²) < 4.78 is 10.2. The second-order valence-electron chi connectivity index (χ2n) is 6.20. The van der Waals surface area contributed by atoms with Gasteiger partial charge in [0, 0.05) is 0 Å². The lowest BCUT2D eigenvalue weighted by Crippen LogP contribution is -2.24. The third-order valence-corrected chi connectivity index (χ3v) is 4.27. The smallest absolute Gasteiger partial charge is 0.339 e. The zero-order chi connectivity index (χ0) is 19.6. The van der Waals surface area contributed by atoms with Gasteiger partial charge in [0.1, 0.15) is 0 Å². The summed E-state index contributed by atoms with van der Waals surface area (Å²) in [6.07, 6.45) is -0.495. The molecule has 2 aromatic carbocycles. The molecular weight excluding hydrogens is 344 g/mol. The van der Waals surface area contributed by atoms with Gasteiger partial charge in [0.05, 0.1) is 19.1 Å². The van der Waals surface area contributed by atoms with E-state index in [1.807, 2.05) is 42.5 Å². The Balaban J connectivity index is 2.26. The molecule has 144 valence electrons. The monoisotopic (exact) mass is 370 g/mol. The highest BCUT2D eigenvalue weighted by molar-refractivity contribution is 5.77. The van der Waals surface area contributed by atoms with Gasteiger partial charge >= 0.3 is 11.9 Å². The lowest BCUT2D eigenvalue weighted by molar-refractivity contribution is -0.153. The maximum atomic E-state index is 12.5. The lowest BCUT2D eigenvalue weighted by atomic mass is 9.89. The second-order valence-corrected chi connectivity index (χ2v) is 6.20. The van der Waals surface area contributed by atoms with Crippen molar-refractivity contribution >= 4 is 11.9 Å². The molecular formula is C22H26O5. The summed E-state index contributed by atoms with van der Waals surface area (Å²) in [7, 11) is 0. The lowest BCUT2D eigenvalue weighted by Gasteiger charge is -2.19. The number of esters is 2. The van der Waals surface area contributed by atoms with Crippen LogP contribution in [0, 0.1) is 5.92 Å². The van der Waals surface area contributed by atoms with Crippen LogP contribution in [0.1, 0.15) is 36.6 Å². The van der Waals surface area contributed by atoms with Crippen molar-refractivity contribution in [3.63, 3.8) is 0 Å². The quantitative estimate of drug-likeness (QED) is 0.686. The number of carbonyl (C=O) groups is 2. The van der Waals surface area contributed by atoms with Gasteiger partial charge in [0.25, 0.3) is 0 Å². The molecule has 2 aromatic rings. The third-order valence-electron chi connectivity index (χ3n) is 4.27. The van der Waals surface area contributed by atoms with Crippen molar-refractivity contribution < 1.29 is 24.2 Å². The molecule has 0 spiro atoms. The number of benzene rings is 2. The number of hydrogen-bond acceptors (Lipinski definition) is 5. The molecule has 5 nitrogen and oxygen atoms in total. The van der Waals surface area contributed by atoms with Crippen LogP contribution in [0.15, 0.2) is 54.6 Å². The van der Waals surface area contributed by atoms with Gasteiger partial charge in [-0.15, -0.1) is 0 Å². The maximum Gasteiger partial charge on any atom is 0.339 e. The van der Waals surface area contributed by atoms with Crippen molar-refractivity contribution in [2.45, 2.75) is 32.8 Å². The first-order valence-corrected chi connectivity index (χ1v) is 9.19. The molecule has 0 fully saturated rings. The van der Waals surface area contributed by atoms with E-state index >= 15 is 0 Å². The molecule has 2 rings (SSSR count). The van der Waals surface area contributed by atoms with Crippen LogP contribution in [0.4, 0.5) is 0 Å². The Morgan fingerprint density at radius 3 is 2.11 bits per heavy atom. The summed E-state index contributed by atoms with van der Waals surface area (Å²) in [5, 5.41) is 10.4. The molecule has 2 unspecified atom stereocenters. The fourth-order valence-electron chi connectivity index (χ4n) is 3.00. The predicted octanol–water partition coefficient (Wildman–Crippen LogP) is 3.25. The number of hydrogen-bond donors (Lipinski definition) is 1. The second kappa shape index (κ2) is 10.5. The van der Waals surface area contributed by atoms with Crippen molar-refractivity contribution in [3.8, 4) is 0 Å². The van der Waals surface area contributed by atoms with Crippen LogP contribution in [0.25, 0.3) is 0 Å². The molecule has 0 aliphatic heterocycles. The van der Waals surface area contributed by atoms with Gasteiger partial charge < -0.3 is 14.6 Å². The Kier molecular flexibility index (Phi) is 8.01. The van der Waals surface area contributed by atoms with Crippen LogP contribution in [-0.4, -0.2) is 30.3 Å². The summed E-state index contributed by atoms with van der Waals surface area (Å²) in [5.74, 6) is -1.40. The van der Waals surface area contributed by atoms with Crippen molar-refractivity contribution in [1.82, 2.24) is 0 Å². The van der Waals surface area contributed by atoms with E-state index in [4.69, 9.17) is 9.47 Å². The molecule has 2 atom stereocenters. The minimum absolute atomic E-state index is 0.192. The van der Waals surface area contributed by atoms with Crippen LogP contribution < -0.4 is 0 Å². The van der Waals surface area contributed by atoms with Crippen LogP contribution >= 0.6 is 0 Å². The van der Waals surface area contributed by atoms with Crippen molar-refractivity contribution in [1.29, 1.82) is 0 Å². The molecule has 0 aliphatic carbocycles. The average Bonchev–Trinajstić information content (AvgIpc) is 2.68. The van der Waals surface area contributed by atoms with E-state index in [0.29, 0.717) is 25.0 Å². The molecule has 1 N–H and O–H groups in total. The number of aliphatic hydroxyl groups excluding tert-OH is 1. The molecule has 0 heterocycles. The largest absolute Gasteiger partial charge is 0.466 e. The van der Waals surface area contributed by atoms with Gasteiger partial charge in [-0.2, -0.15) is 0 Å². The van der Waals surface area contributed by atoms with E-state index in [2.05, 4.69) is 0 Å². The van der Waals surface area contributed by atoms with E-state index in [1.54, 1.807) is 26.0 Å². The highest BCUT2D eigenvalue weighted by Crippen LogP contribution is 2.24. The SMILES string of the molecule is CCOC(=O)C(Cc1ccccc1)Cc1ccccc1C(O)C(=O)OCC. The fraction of sp³-hybridized carbons (Fsp3) is 0.364. The van der Waals surface area contributed by atoms with Crippen LogP contribution in [0.2, 0.25) is 0 Å². The molecule has 0 aliphatic rings. The van der Waals surface area contributed by atoms with Gasteiger partial charge in [0.2, 0.25) is 0 Å².